The molecule has 1 N–H and O–H groups in total. The van der Waals surface area contributed by atoms with Crippen molar-refractivity contribution in [2.24, 2.45) is 0 Å². The Morgan fingerprint density at radius 3 is 2.36 bits per heavy atom. The number of rotatable bonds is 8. The van der Waals surface area contributed by atoms with Crippen molar-refractivity contribution in [3.05, 3.63) is 71.3 Å². The van der Waals surface area contributed by atoms with Gasteiger partial charge in [0.25, 0.3) is 5.91 Å². The quantitative estimate of drug-likeness (QED) is 0.574. The Hall–Kier alpha value is -2.62. The van der Waals surface area contributed by atoms with Crippen LogP contribution < -0.4 is 5.32 Å². The van der Waals surface area contributed by atoms with Crippen LogP contribution in [0.2, 0.25) is 0 Å². The number of amides is 1. The van der Waals surface area contributed by atoms with E-state index in [2.05, 4.69) is 12.2 Å². The maximum Gasteiger partial charge on any atom is 0.340 e. The first-order valence-electron chi connectivity index (χ1n) is 8.80. The molecule has 0 saturated heterocycles. The second-order valence-electron chi connectivity index (χ2n) is 5.90. The highest BCUT2D eigenvalue weighted by molar-refractivity contribution is 5.95. The lowest BCUT2D eigenvalue weighted by Gasteiger charge is -2.19. The molecule has 0 radical (unpaired) electrons. The van der Waals surface area contributed by atoms with Crippen molar-refractivity contribution in [3.63, 3.8) is 0 Å². The zero-order chi connectivity index (χ0) is 18.1. The molecule has 25 heavy (non-hydrogen) atoms. The number of carbonyl (C=O) groups excluding carboxylic acids is 2. The van der Waals surface area contributed by atoms with Gasteiger partial charge in [0, 0.05) is 12.0 Å². The van der Waals surface area contributed by atoms with Gasteiger partial charge < -0.3 is 10.1 Å². The molecular formula is C21H25NO3. The third-order valence-electron chi connectivity index (χ3n) is 3.99. The van der Waals surface area contributed by atoms with Crippen LogP contribution in [-0.4, -0.2) is 18.1 Å². The average molecular weight is 339 g/mol. The first-order valence-corrected chi connectivity index (χ1v) is 8.80. The van der Waals surface area contributed by atoms with Crippen molar-refractivity contribution in [2.75, 3.05) is 0 Å². The third kappa shape index (κ3) is 5.45. The van der Waals surface area contributed by atoms with Gasteiger partial charge in [-0.2, -0.15) is 0 Å². The molecule has 0 aliphatic carbocycles. The fraction of sp³-hybridized carbons (Fsp3) is 0.333. The molecular weight excluding hydrogens is 314 g/mol. The predicted molar refractivity (Wildman–Crippen MR) is 98.5 cm³/mol. The number of unbranched alkanes of at least 4 members (excludes halogenated alkanes) is 1. The molecule has 4 heteroatoms. The molecule has 2 aromatic rings. The molecule has 0 spiro atoms. The molecule has 2 aromatic carbocycles. The number of hydrogen-bond donors (Lipinski definition) is 1. The topological polar surface area (TPSA) is 55.4 Å². The van der Waals surface area contributed by atoms with Crippen LogP contribution in [0.1, 0.15) is 59.4 Å². The van der Waals surface area contributed by atoms with E-state index in [1.807, 2.05) is 31.2 Å². The monoisotopic (exact) mass is 339 g/mol. The van der Waals surface area contributed by atoms with Gasteiger partial charge in [0.05, 0.1) is 5.56 Å². The minimum atomic E-state index is -0.653. The molecule has 2 rings (SSSR count). The Bertz CT molecular complexity index is 697. The Labute approximate surface area is 149 Å². The number of ether oxygens (including phenoxy) is 1. The van der Waals surface area contributed by atoms with Gasteiger partial charge in [0.2, 0.25) is 0 Å². The largest absolute Gasteiger partial charge is 0.438 e. The SMILES string of the molecule is CCCCc1ccccc1C(=O)OC(CC)NC(=O)c1ccccc1. The summed E-state index contributed by atoms with van der Waals surface area (Å²) in [6, 6.07) is 16.4. The van der Waals surface area contributed by atoms with E-state index in [-0.39, 0.29) is 5.91 Å². The van der Waals surface area contributed by atoms with Gasteiger partial charge in [0.15, 0.2) is 6.23 Å². The fourth-order valence-corrected chi connectivity index (χ4v) is 2.53. The highest BCUT2D eigenvalue weighted by atomic mass is 16.6. The Balaban J connectivity index is 2.04. The van der Waals surface area contributed by atoms with E-state index >= 15 is 0 Å². The van der Waals surface area contributed by atoms with Gasteiger partial charge in [-0.05, 0) is 36.6 Å². The minimum absolute atomic E-state index is 0.250. The normalized spacial score (nSPS) is 11.6. The summed E-state index contributed by atoms with van der Waals surface area (Å²) in [5.74, 6) is -0.647. The van der Waals surface area contributed by atoms with E-state index in [1.54, 1.807) is 30.3 Å². The molecule has 1 amide bonds. The van der Waals surface area contributed by atoms with Crippen LogP contribution in [-0.2, 0) is 11.2 Å². The number of hydrogen-bond acceptors (Lipinski definition) is 3. The maximum atomic E-state index is 12.5. The van der Waals surface area contributed by atoms with Crippen molar-refractivity contribution in [1.82, 2.24) is 5.32 Å². The average Bonchev–Trinajstić information content (AvgIpc) is 2.66. The molecule has 0 fully saturated rings. The van der Waals surface area contributed by atoms with Gasteiger partial charge in [-0.1, -0.05) is 56.7 Å². The number of aryl methyl sites for hydroxylation is 1. The van der Waals surface area contributed by atoms with E-state index in [9.17, 15) is 9.59 Å². The van der Waals surface area contributed by atoms with Gasteiger partial charge in [-0.25, -0.2) is 4.79 Å². The lowest BCUT2D eigenvalue weighted by Crippen LogP contribution is -2.38. The van der Waals surface area contributed by atoms with Gasteiger partial charge in [-0.15, -0.1) is 0 Å². The first-order chi connectivity index (χ1) is 12.2. The lowest BCUT2D eigenvalue weighted by molar-refractivity contribution is 0.0205. The summed E-state index contributed by atoms with van der Waals surface area (Å²) in [4.78, 5) is 24.8. The fourth-order valence-electron chi connectivity index (χ4n) is 2.53. The summed E-state index contributed by atoms with van der Waals surface area (Å²) in [6.07, 6.45) is 2.77. The Kier molecular flexibility index (Phi) is 7.20. The second kappa shape index (κ2) is 9.62. The minimum Gasteiger partial charge on any atom is -0.438 e. The van der Waals surface area contributed by atoms with Crippen LogP contribution in [0.3, 0.4) is 0 Å². The van der Waals surface area contributed by atoms with Gasteiger partial charge in [0.1, 0.15) is 0 Å². The predicted octanol–water partition coefficient (Wildman–Crippen LogP) is 4.35. The number of esters is 1. The highest BCUT2D eigenvalue weighted by Gasteiger charge is 2.19. The van der Waals surface area contributed by atoms with E-state index in [0.29, 0.717) is 17.5 Å². The molecule has 1 atom stereocenters. The summed E-state index contributed by atoms with van der Waals surface area (Å²) in [7, 11) is 0. The van der Waals surface area contributed by atoms with Crippen molar-refractivity contribution in [1.29, 1.82) is 0 Å². The zero-order valence-corrected chi connectivity index (χ0v) is 14.8. The molecule has 4 nitrogen and oxygen atoms in total. The second-order valence-corrected chi connectivity index (χ2v) is 5.90. The van der Waals surface area contributed by atoms with E-state index in [0.717, 1.165) is 24.8 Å². The van der Waals surface area contributed by atoms with Crippen molar-refractivity contribution < 1.29 is 14.3 Å². The molecule has 0 bridgehead atoms. The number of nitrogens with one attached hydrogen (secondary N) is 1. The van der Waals surface area contributed by atoms with Crippen LogP contribution in [0.4, 0.5) is 0 Å². The lowest BCUT2D eigenvalue weighted by atomic mass is 10.0. The molecule has 0 aliphatic rings. The van der Waals surface area contributed by atoms with Crippen LogP contribution in [0.5, 0.6) is 0 Å². The Morgan fingerprint density at radius 2 is 1.68 bits per heavy atom. The van der Waals surface area contributed by atoms with Crippen LogP contribution >= 0.6 is 0 Å². The smallest absolute Gasteiger partial charge is 0.340 e. The number of carbonyl (C=O) groups is 2. The molecule has 1 unspecified atom stereocenters. The summed E-state index contributed by atoms with van der Waals surface area (Å²) in [6.45, 7) is 3.99. The maximum absolute atomic E-state index is 12.5. The summed E-state index contributed by atoms with van der Waals surface area (Å²) in [5, 5.41) is 2.76. The third-order valence-corrected chi connectivity index (χ3v) is 3.99. The van der Waals surface area contributed by atoms with Crippen LogP contribution in [0.25, 0.3) is 0 Å². The first kappa shape index (κ1) is 18.7. The molecule has 0 aromatic heterocycles. The van der Waals surface area contributed by atoms with E-state index in [4.69, 9.17) is 4.74 Å². The van der Waals surface area contributed by atoms with Crippen molar-refractivity contribution in [2.45, 2.75) is 45.8 Å². The van der Waals surface area contributed by atoms with Gasteiger partial charge >= 0.3 is 5.97 Å². The molecule has 132 valence electrons. The van der Waals surface area contributed by atoms with E-state index in [1.165, 1.54) is 0 Å². The van der Waals surface area contributed by atoms with Crippen molar-refractivity contribution in [3.8, 4) is 0 Å². The van der Waals surface area contributed by atoms with Crippen LogP contribution in [0.15, 0.2) is 54.6 Å². The van der Waals surface area contributed by atoms with Crippen LogP contribution in [0, 0.1) is 0 Å². The highest BCUT2D eigenvalue weighted by Crippen LogP contribution is 2.15. The standard InChI is InChI=1S/C21H25NO3/c1-3-5-11-16-12-9-10-15-18(16)21(24)25-19(4-2)22-20(23)17-13-7-6-8-14-17/h6-10,12-15,19H,3-5,11H2,1-2H3,(H,22,23). The molecule has 0 heterocycles. The molecule has 0 aliphatic heterocycles. The van der Waals surface area contributed by atoms with Gasteiger partial charge in [-0.3, -0.25) is 4.79 Å². The van der Waals surface area contributed by atoms with Crippen molar-refractivity contribution >= 4 is 11.9 Å². The van der Waals surface area contributed by atoms with E-state index < -0.39 is 12.2 Å². The Morgan fingerprint density at radius 1 is 1.00 bits per heavy atom. The summed E-state index contributed by atoms with van der Waals surface area (Å²) in [5.41, 5.74) is 2.10. The summed E-state index contributed by atoms with van der Waals surface area (Å²) < 4.78 is 5.53. The zero-order valence-electron chi connectivity index (χ0n) is 14.8. The number of benzene rings is 2. The summed E-state index contributed by atoms with van der Waals surface area (Å²) >= 11 is 0. The molecule has 0 saturated carbocycles.